The molecule has 0 radical (unpaired) electrons. The van der Waals surface area contributed by atoms with Gasteiger partial charge in [0.2, 0.25) is 0 Å². The normalized spacial score (nSPS) is 12.0. The predicted molar refractivity (Wildman–Crippen MR) is 77.0 cm³/mol. The van der Waals surface area contributed by atoms with Gasteiger partial charge < -0.3 is 16.0 Å². The van der Waals surface area contributed by atoms with Crippen molar-refractivity contribution < 1.29 is 4.79 Å². The fourth-order valence-electron chi connectivity index (χ4n) is 1.98. The Labute approximate surface area is 109 Å². The number of carbonyl (C=O) groups is 1. The number of benzene rings is 1. The Balaban J connectivity index is 3.03. The van der Waals surface area contributed by atoms with E-state index in [1.165, 1.54) is 0 Å². The molecule has 0 aliphatic rings. The molecule has 0 aromatic heterocycles. The van der Waals surface area contributed by atoms with Crippen LogP contribution in [0.5, 0.6) is 0 Å². The fraction of sp³-hybridized carbons (Fsp3) is 0.500. The number of rotatable bonds is 5. The second-order valence-corrected chi connectivity index (χ2v) is 4.60. The number of anilines is 2. The van der Waals surface area contributed by atoms with E-state index in [0.29, 0.717) is 17.3 Å². The molecular weight excluding hydrogens is 226 g/mol. The highest BCUT2D eigenvalue weighted by molar-refractivity contribution is 5.96. The molecule has 4 nitrogen and oxygen atoms in total. The molecule has 1 amide bonds. The van der Waals surface area contributed by atoms with Crippen LogP contribution < -0.4 is 16.0 Å². The van der Waals surface area contributed by atoms with Crippen molar-refractivity contribution in [3.63, 3.8) is 0 Å². The van der Waals surface area contributed by atoms with Crippen LogP contribution in [0.3, 0.4) is 0 Å². The molecule has 0 heterocycles. The number of carbonyl (C=O) groups excluding carboxylic acids is 1. The van der Waals surface area contributed by atoms with Gasteiger partial charge >= 0.3 is 0 Å². The van der Waals surface area contributed by atoms with Gasteiger partial charge in [-0.2, -0.15) is 0 Å². The van der Waals surface area contributed by atoms with Crippen molar-refractivity contribution in [2.75, 3.05) is 24.7 Å². The molecule has 0 aliphatic heterocycles. The summed E-state index contributed by atoms with van der Waals surface area (Å²) in [5.41, 5.74) is 8.24. The molecule has 0 spiro atoms. The summed E-state index contributed by atoms with van der Waals surface area (Å²) >= 11 is 0. The Hall–Kier alpha value is -1.71. The van der Waals surface area contributed by atoms with Crippen LogP contribution in [0.15, 0.2) is 18.2 Å². The van der Waals surface area contributed by atoms with Crippen LogP contribution in [0.25, 0.3) is 0 Å². The Bertz CT molecular complexity index is 418. The SMILES string of the molecule is CCCC(C)N(C)c1cc(C(=O)NC)ccc1N. The Morgan fingerprint density at radius 1 is 1.50 bits per heavy atom. The fourth-order valence-corrected chi connectivity index (χ4v) is 1.98. The molecule has 1 aromatic carbocycles. The Morgan fingerprint density at radius 3 is 2.72 bits per heavy atom. The lowest BCUT2D eigenvalue weighted by Gasteiger charge is -2.28. The lowest BCUT2D eigenvalue weighted by molar-refractivity contribution is 0.0963. The van der Waals surface area contributed by atoms with Crippen LogP contribution in [0.1, 0.15) is 37.0 Å². The number of nitrogens with one attached hydrogen (secondary N) is 1. The summed E-state index contributed by atoms with van der Waals surface area (Å²) in [5, 5.41) is 2.62. The van der Waals surface area contributed by atoms with E-state index in [9.17, 15) is 4.79 Å². The van der Waals surface area contributed by atoms with Gasteiger partial charge in [-0.1, -0.05) is 13.3 Å². The Kier molecular flexibility index (Phi) is 5.01. The lowest BCUT2D eigenvalue weighted by Crippen LogP contribution is -2.29. The third kappa shape index (κ3) is 3.15. The molecule has 0 fully saturated rings. The predicted octanol–water partition coefficient (Wildman–Crippen LogP) is 2.25. The summed E-state index contributed by atoms with van der Waals surface area (Å²) < 4.78 is 0. The molecule has 1 aromatic rings. The maximum Gasteiger partial charge on any atom is 0.251 e. The maximum absolute atomic E-state index is 11.6. The molecule has 0 saturated carbocycles. The third-order valence-electron chi connectivity index (χ3n) is 3.27. The minimum atomic E-state index is -0.0900. The number of nitrogen functional groups attached to an aromatic ring is 1. The summed E-state index contributed by atoms with van der Waals surface area (Å²) in [6.07, 6.45) is 2.22. The van der Waals surface area contributed by atoms with Crippen molar-refractivity contribution in [2.24, 2.45) is 0 Å². The van der Waals surface area contributed by atoms with Gasteiger partial charge in [0.25, 0.3) is 5.91 Å². The van der Waals surface area contributed by atoms with Gasteiger partial charge in [-0.25, -0.2) is 0 Å². The van der Waals surface area contributed by atoms with Crippen LogP contribution in [0, 0.1) is 0 Å². The second kappa shape index (κ2) is 6.28. The largest absolute Gasteiger partial charge is 0.397 e. The van der Waals surface area contributed by atoms with Crippen molar-refractivity contribution in [2.45, 2.75) is 32.7 Å². The van der Waals surface area contributed by atoms with Gasteiger partial charge in [-0.15, -0.1) is 0 Å². The van der Waals surface area contributed by atoms with Gasteiger partial charge in [0, 0.05) is 25.7 Å². The monoisotopic (exact) mass is 249 g/mol. The van der Waals surface area contributed by atoms with Gasteiger partial charge in [0.1, 0.15) is 0 Å². The van der Waals surface area contributed by atoms with Gasteiger partial charge in [-0.05, 0) is 31.5 Å². The minimum Gasteiger partial charge on any atom is -0.397 e. The molecular formula is C14H23N3O. The number of hydrogen-bond acceptors (Lipinski definition) is 3. The van der Waals surface area contributed by atoms with E-state index in [-0.39, 0.29) is 5.91 Å². The summed E-state index contributed by atoms with van der Waals surface area (Å²) in [6.45, 7) is 4.32. The van der Waals surface area contributed by atoms with E-state index < -0.39 is 0 Å². The third-order valence-corrected chi connectivity index (χ3v) is 3.27. The first-order valence-electron chi connectivity index (χ1n) is 6.35. The summed E-state index contributed by atoms with van der Waals surface area (Å²) in [7, 11) is 3.64. The first-order valence-corrected chi connectivity index (χ1v) is 6.35. The van der Waals surface area contributed by atoms with E-state index in [1.807, 2.05) is 13.1 Å². The van der Waals surface area contributed by atoms with E-state index in [4.69, 9.17) is 5.73 Å². The first kappa shape index (κ1) is 14.4. The summed E-state index contributed by atoms with van der Waals surface area (Å²) in [4.78, 5) is 13.8. The van der Waals surface area contributed by atoms with Gasteiger partial charge in [0.15, 0.2) is 0 Å². The van der Waals surface area contributed by atoms with Crippen molar-refractivity contribution in [3.8, 4) is 0 Å². The molecule has 100 valence electrons. The quantitative estimate of drug-likeness (QED) is 0.787. The van der Waals surface area contributed by atoms with Crippen LogP contribution in [0.2, 0.25) is 0 Å². The molecule has 1 unspecified atom stereocenters. The first-order chi connectivity index (χ1) is 8.51. The van der Waals surface area contributed by atoms with E-state index in [2.05, 4.69) is 24.1 Å². The van der Waals surface area contributed by atoms with E-state index in [0.717, 1.165) is 18.5 Å². The second-order valence-electron chi connectivity index (χ2n) is 4.60. The molecule has 4 heteroatoms. The molecule has 18 heavy (non-hydrogen) atoms. The topological polar surface area (TPSA) is 58.4 Å². The zero-order chi connectivity index (χ0) is 13.7. The standard InChI is InChI=1S/C14H23N3O/c1-5-6-10(2)17(4)13-9-11(14(18)16-3)7-8-12(13)15/h7-10H,5-6,15H2,1-4H3,(H,16,18). The molecule has 3 N–H and O–H groups in total. The molecule has 0 saturated heterocycles. The van der Waals surface area contributed by atoms with Crippen LogP contribution >= 0.6 is 0 Å². The zero-order valence-electron chi connectivity index (χ0n) is 11.7. The van der Waals surface area contributed by atoms with E-state index >= 15 is 0 Å². The van der Waals surface area contributed by atoms with Crippen LogP contribution in [-0.4, -0.2) is 26.0 Å². The summed E-state index contributed by atoms with van der Waals surface area (Å²) in [5.74, 6) is -0.0900. The van der Waals surface area contributed by atoms with Crippen LogP contribution in [-0.2, 0) is 0 Å². The molecule has 1 rings (SSSR count). The number of nitrogens with zero attached hydrogens (tertiary/aromatic N) is 1. The zero-order valence-corrected chi connectivity index (χ0v) is 11.7. The number of nitrogens with two attached hydrogens (primary N) is 1. The highest BCUT2D eigenvalue weighted by atomic mass is 16.1. The van der Waals surface area contributed by atoms with Crippen molar-refractivity contribution in [3.05, 3.63) is 23.8 Å². The minimum absolute atomic E-state index is 0.0900. The molecule has 0 bridgehead atoms. The van der Waals surface area contributed by atoms with Crippen molar-refractivity contribution in [1.82, 2.24) is 5.32 Å². The average Bonchev–Trinajstić information content (AvgIpc) is 2.37. The molecule has 0 aliphatic carbocycles. The number of amides is 1. The summed E-state index contributed by atoms with van der Waals surface area (Å²) in [6, 6.07) is 5.78. The lowest BCUT2D eigenvalue weighted by atomic mass is 10.1. The highest BCUT2D eigenvalue weighted by Crippen LogP contribution is 2.26. The van der Waals surface area contributed by atoms with E-state index in [1.54, 1.807) is 19.2 Å². The number of hydrogen-bond donors (Lipinski definition) is 2. The van der Waals surface area contributed by atoms with Gasteiger partial charge in [0.05, 0.1) is 11.4 Å². The smallest absolute Gasteiger partial charge is 0.251 e. The maximum atomic E-state index is 11.6. The highest BCUT2D eigenvalue weighted by Gasteiger charge is 2.14. The molecule has 1 atom stereocenters. The van der Waals surface area contributed by atoms with Crippen molar-refractivity contribution >= 4 is 17.3 Å². The van der Waals surface area contributed by atoms with Gasteiger partial charge in [-0.3, -0.25) is 4.79 Å². The average molecular weight is 249 g/mol. The Morgan fingerprint density at radius 2 is 2.17 bits per heavy atom. The van der Waals surface area contributed by atoms with Crippen LogP contribution in [0.4, 0.5) is 11.4 Å². The van der Waals surface area contributed by atoms with Crippen molar-refractivity contribution in [1.29, 1.82) is 0 Å².